The molecule has 0 heterocycles. The summed E-state index contributed by atoms with van der Waals surface area (Å²) >= 11 is 0. The highest BCUT2D eigenvalue weighted by Gasteiger charge is 2.17. The van der Waals surface area contributed by atoms with Crippen molar-refractivity contribution in [1.82, 2.24) is 5.32 Å². The molecule has 0 fully saturated rings. The van der Waals surface area contributed by atoms with Crippen molar-refractivity contribution >= 4 is 11.6 Å². The van der Waals surface area contributed by atoms with Crippen molar-refractivity contribution in [2.75, 3.05) is 0 Å². The number of nitro benzene ring substituents is 1. The Balaban J connectivity index is 1.98. The second-order valence-electron chi connectivity index (χ2n) is 5.94. The summed E-state index contributed by atoms with van der Waals surface area (Å²) in [6, 6.07) is 9.32. The van der Waals surface area contributed by atoms with E-state index in [0.29, 0.717) is 16.7 Å². The molecule has 2 N–H and O–H groups in total. The van der Waals surface area contributed by atoms with Crippen molar-refractivity contribution < 1.29 is 19.2 Å². The van der Waals surface area contributed by atoms with Crippen LogP contribution in [0.4, 0.5) is 10.1 Å². The third kappa shape index (κ3) is 4.84. The lowest BCUT2D eigenvalue weighted by Crippen LogP contribution is -2.33. The highest BCUT2D eigenvalue weighted by molar-refractivity contribution is 5.94. The smallest absolute Gasteiger partial charge is 0.272 e. The summed E-state index contributed by atoms with van der Waals surface area (Å²) in [5.41, 5.74) is 1.23. The van der Waals surface area contributed by atoms with E-state index in [1.54, 1.807) is 13.8 Å². The van der Waals surface area contributed by atoms with Gasteiger partial charge in [0.05, 0.1) is 11.0 Å². The topological polar surface area (TPSA) is 92.5 Å². The summed E-state index contributed by atoms with van der Waals surface area (Å²) in [5.74, 6) is -0.761. The van der Waals surface area contributed by atoms with Crippen molar-refractivity contribution in [1.29, 1.82) is 0 Å². The molecule has 0 spiro atoms. The lowest BCUT2D eigenvalue weighted by molar-refractivity contribution is -0.385. The van der Waals surface area contributed by atoms with Crippen molar-refractivity contribution in [3.63, 3.8) is 0 Å². The van der Waals surface area contributed by atoms with Gasteiger partial charge >= 0.3 is 0 Å². The van der Waals surface area contributed by atoms with Crippen LogP contribution in [0.5, 0.6) is 0 Å². The number of benzene rings is 2. The number of hydrogen-bond donors (Lipinski definition) is 2. The zero-order valence-corrected chi connectivity index (χ0v) is 13.9. The van der Waals surface area contributed by atoms with Gasteiger partial charge in [-0.15, -0.1) is 0 Å². The third-order valence-electron chi connectivity index (χ3n) is 3.86. The van der Waals surface area contributed by atoms with Gasteiger partial charge in [-0.25, -0.2) is 4.39 Å². The number of aliphatic hydroxyl groups excluding tert-OH is 1. The van der Waals surface area contributed by atoms with E-state index in [2.05, 4.69) is 5.32 Å². The normalized spacial score (nSPS) is 13.1. The molecule has 0 saturated carbocycles. The minimum Gasteiger partial charge on any atom is -0.388 e. The van der Waals surface area contributed by atoms with Crippen LogP contribution in [0.1, 0.15) is 40.9 Å². The molecule has 132 valence electrons. The van der Waals surface area contributed by atoms with Crippen LogP contribution in [-0.4, -0.2) is 22.0 Å². The lowest BCUT2D eigenvalue weighted by Gasteiger charge is -2.18. The van der Waals surface area contributed by atoms with Crippen molar-refractivity contribution in [2.24, 2.45) is 0 Å². The number of aryl methyl sites for hydroxylation is 1. The maximum Gasteiger partial charge on any atom is 0.272 e. The monoisotopic (exact) mass is 346 g/mol. The number of amides is 1. The SMILES string of the molecule is Cc1cc(C(=O)N[C@H](C)C[C@H](O)c2ccc(F)cc2)ccc1[N+](=O)[O-]. The molecule has 7 heteroatoms. The van der Waals surface area contributed by atoms with Gasteiger partial charge in [0.15, 0.2) is 0 Å². The molecule has 0 aliphatic rings. The average Bonchev–Trinajstić information content (AvgIpc) is 2.54. The summed E-state index contributed by atoms with van der Waals surface area (Å²) in [7, 11) is 0. The van der Waals surface area contributed by atoms with Crippen LogP contribution in [-0.2, 0) is 0 Å². The lowest BCUT2D eigenvalue weighted by atomic mass is 10.0. The van der Waals surface area contributed by atoms with E-state index in [-0.39, 0.29) is 29.9 Å². The minimum absolute atomic E-state index is 0.0451. The molecule has 0 aromatic heterocycles. The number of nitro groups is 1. The largest absolute Gasteiger partial charge is 0.388 e. The Labute approximate surface area is 144 Å². The Morgan fingerprint density at radius 1 is 1.28 bits per heavy atom. The first-order valence-electron chi connectivity index (χ1n) is 7.77. The van der Waals surface area contributed by atoms with Gasteiger partial charge in [-0.2, -0.15) is 0 Å². The number of nitrogens with zero attached hydrogens (tertiary/aromatic N) is 1. The molecular formula is C18H19FN2O4. The van der Waals surface area contributed by atoms with Crippen LogP contribution in [0.3, 0.4) is 0 Å². The van der Waals surface area contributed by atoms with Gasteiger partial charge in [0.1, 0.15) is 5.82 Å². The quantitative estimate of drug-likeness (QED) is 0.620. The predicted molar refractivity (Wildman–Crippen MR) is 90.7 cm³/mol. The molecule has 6 nitrogen and oxygen atoms in total. The second kappa shape index (κ2) is 7.85. The number of nitrogens with one attached hydrogen (secondary N) is 1. The van der Waals surface area contributed by atoms with Gasteiger partial charge in [0.2, 0.25) is 0 Å². The maximum atomic E-state index is 12.9. The van der Waals surface area contributed by atoms with E-state index in [0.717, 1.165) is 0 Å². The Bertz CT molecular complexity index is 777. The molecule has 2 atom stereocenters. The van der Waals surface area contributed by atoms with E-state index < -0.39 is 11.0 Å². The first-order valence-corrected chi connectivity index (χ1v) is 7.77. The Morgan fingerprint density at radius 2 is 1.92 bits per heavy atom. The number of aliphatic hydroxyl groups is 1. The first kappa shape index (κ1) is 18.5. The van der Waals surface area contributed by atoms with E-state index in [1.807, 2.05) is 0 Å². The van der Waals surface area contributed by atoms with Crippen molar-refractivity contribution in [2.45, 2.75) is 32.4 Å². The summed E-state index contributed by atoms with van der Waals surface area (Å²) in [6.07, 6.45) is -0.585. The summed E-state index contributed by atoms with van der Waals surface area (Å²) in [6.45, 7) is 3.31. The fraction of sp³-hybridized carbons (Fsp3) is 0.278. The van der Waals surface area contributed by atoms with Gasteiger partial charge in [-0.3, -0.25) is 14.9 Å². The molecule has 2 aromatic carbocycles. The standard InChI is InChI=1S/C18H19FN2O4/c1-11-9-14(5-8-16(11)21(24)25)18(23)20-12(2)10-17(22)13-3-6-15(19)7-4-13/h3-9,12,17,22H,10H2,1-2H3,(H,20,23)/t12-,17+/m1/s1. The second-order valence-corrected chi connectivity index (χ2v) is 5.94. The molecule has 0 unspecified atom stereocenters. The minimum atomic E-state index is -0.838. The van der Waals surface area contributed by atoms with E-state index in [4.69, 9.17) is 0 Å². The van der Waals surface area contributed by atoms with Gasteiger partial charge in [0.25, 0.3) is 11.6 Å². The maximum absolute atomic E-state index is 12.9. The Hall–Kier alpha value is -2.80. The Morgan fingerprint density at radius 3 is 2.48 bits per heavy atom. The fourth-order valence-corrected chi connectivity index (χ4v) is 2.52. The summed E-state index contributed by atoms with van der Waals surface area (Å²) < 4.78 is 12.9. The molecular weight excluding hydrogens is 327 g/mol. The third-order valence-corrected chi connectivity index (χ3v) is 3.86. The van der Waals surface area contributed by atoms with E-state index in [9.17, 15) is 24.4 Å². The predicted octanol–water partition coefficient (Wildman–Crippen LogP) is 3.28. The van der Waals surface area contributed by atoms with Crippen LogP contribution in [0, 0.1) is 22.9 Å². The highest BCUT2D eigenvalue weighted by atomic mass is 19.1. The number of hydrogen-bond acceptors (Lipinski definition) is 4. The number of rotatable bonds is 6. The van der Waals surface area contributed by atoms with Crippen LogP contribution < -0.4 is 5.32 Å². The zero-order chi connectivity index (χ0) is 18.6. The first-order chi connectivity index (χ1) is 11.8. The van der Waals surface area contributed by atoms with Crippen molar-refractivity contribution in [3.8, 4) is 0 Å². The molecule has 1 amide bonds. The molecule has 0 radical (unpaired) electrons. The molecule has 0 aliphatic carbocycles. The number of halogens is 1. The molecule has 0 aliphatic heterocycles. The van der Waals surface area contributed by atoms with Gasteiger partial charge in [-0.1, -0.05) is 12.1 Å². The molecule has 2 rings (SSSR count). The van der Waals surface area contributed by atoms with E-state index in [1.165, 1.54) is 42.5 Å². The molecule has 2 aromatic rings. The molecule has 0 saturated heterocycles. The van der Waals surface area contributed by atoms with Crippen LogP contribution in [0.25, 0.3) is 0 Å². The summed E-state index contributed by atoms with van der Waals surface area (Å²) in [5, 5.41) is 23.7. The molecule has 0 bridgehead atoms. The van der Waals surface area contributed by atoms with Gasteiger partial charge in [0, 0.05) is 23.2 Å². The molecule has 25 heavy (non-hydrogen) atoms. The van der Waals surface area contributed by atoms with Crippen molar-refractivity contribution in [3.05, 3.63) is 75.1 Å². The van der Waals surface area contributed by atoms with Gasteiger partial charge < -0.3 is 10.4 Å². The average molecular weight is 346 g/mol. The van der Waals surface area contributed by atoms with E-state index >= 15 is 0 Å². The van der Waals surface area contributed by atoms with Crippen LogP contribution in [0.2, 0.25) is 0 Å². The number of carbonyl (C=O) groups is 1. The summed E-state index contributed by atoms with van der Waals surface area (Å²) in [4.78, 5) is 22.5. The Kier molecular flexibility index (Phi) is 5.82. The van der Waals surface area contributed by atoms with Crippen LogP contribution in [0.15, 0.2) is 42.5 Å². The fourth-order valence-electron chi connectivity index (χ4n) is 2.52. The van der Waals surface area contributed by atoms with Crippen LogP contribution >= 0.6 is 0 Å². The number of carbonyl (C=O) groups excluding carboxylic acids is 1. The zero-order valence-electron chi connectivity index (χ0n) is 13.9. The van der Waals surface area contributed by atoms with Gasteiger partial charge in [-0.05, 0) is 50.1 Å². The highest BCUT2D eigenvalue weighted by Crippen LogP contribution is 2.20.